The number of rotatable bonds is 37. The van der Waals surface area contributed by atoms with Crippen molar-refractivity contribution in [2.75, 3.05) is 41.0 Å². The van der Waals surface area contributed by atoms with Gasteiger partial charge in [-0.1, -0.05) is 148 Å². The predicted molar refractivity (Wildman–Crippen MR) is 244 cm³/mol. The Kier molecular flexibility index (Phi) is 37.6. The SMILES string of the molecule is CC/C=C/C=C/C=C/C=C/CCCCCC(=O)OCC(COCCC(C(=O)[O-])[N+](C)(C)C)OC(=O)CCCCC/C=C/C/C=C/C/C=C/C/C=C/C/C=C/C/C=C/CC. The van der Waals surface area contributed by atoms with Crippen LogP contribution in [0.5, 0.6) is 0 Å². The minimum Gasteiger partial charge on any atom is -0.544 e. The summed E-state index contributed by atoms with van der Waals surface area (Å²) in [7, 11) is 5.36. The Morgan fingerprint density at radius 1 is 0.525 bits per heavy atom. The van der Waals surface area contributed by atoms with E-state index in [2.05, 4.69) is 98.9 Å². The third kappa shape index (κ3) is 39.0. The van der Waals surface area contributed by atoms with Crippen LogP contribution in [0.3, 0.4) is 0 Å². The van der Waals surface area contributed by atoms with Crippen molar-refractivity contribution in [1.29, 1.82) is 0 Å². The number of esters is 2. The third-order valence-corrected chi connectivity index (χ3v) is 8.94. The Hall–Kier alpha value is -4.27. The molecule has 0 rings (SSSR count). The van der Waals surface area contributed by atoms with Crippen LogP contribution >= 0.6 is 0 Å². The lowest BCUT2D eigenvalue weighted by atomic mass is 10.1. The summed E-state index contributed by atoms with van der Waals surface area (Å²) in [6, 6.07) is -0.746. The summed E-state index contributed by atoms with van der Waals surface area (Å²) in [5.41, 5.74) is 0. The molecule has 0 fully saturated rings. The summed E-state index contributed by atoms with van der Waals surface area (Å²) < 4.78 is 17.1. The first-order valence-corrected chi connectivity index (χ1v) is 22.1. The summed E-state index contributed by atoms with van der Waals surface area (Å²) in [5.74, 6) is -1.85. The number of carboxylic acid groups (broad SMARTS) is 1. The Morgan fingerprint density at radius 3 is 1.49 bits per heavy atom. The van der Waals surface area contributed by atoms with E-state index < -0.39 is 18.1 Å². The maximum Gasteiger partial charge on any atom is 0.306 e. The summed E-state index contributed by atoms with van der Waals surface area (Å²) in [4.78, 5) is 36.8. The van der Waals surface area contributed by atoms with Crippen LogP contribution in [0.25, 0.3) is 0 Å². The van der Waals surface area contributed by atoms with E-state index in [1.165, 1.54) is 0 Å². The van der Waals surface area contributed by atoms with Crippen molar-refractivity contribution in [2.45, 2.75) is 142 Å². The topological polar surface area (TPSA) is 102 Å². The number of carboxylic acids is 1. The average Bonchev–Trinajstić information content (AvgIpc) is 3.19. The Morgan fingerprint density at radius 2 is 0.983 bits per heavy atom. The van der Waals surface area contributed by atoms with Crippen molar-refractivity contribution in [3.8, 4) is 0 Å². The molecule has 0 aromatic carbocycles. The van der Waals surface area contributed by atoms with Crippen molar-refractivity contribution in [3.63, 3.8) is 0 Å². The van der Waals surface area contributed by atoms with Crippen LogP contribution in [0.2, 0.25) is 0 Å². The lowest BCUT2D eigenvalue weighted by Crippen LogP contribution is -2.55. The van der Waals surface area contributed by atoms with Gasteiger partial charge in [0.15, 0.2) is 6.10 Å². The molecule has 0 spiro atoms. The fourth-order valence-electron chi connectivity index (χ4n) is 5.55. The summed E-state index contributed by atoms with van der Waals surface area (Å²) in [6.45, 7) is 4.29. The maximum atomic E-state index is 12.7. The Bertz CT molecular complexity index is 1370. The number of allylic oxidation sites excluding steroid dienone is 20. The molecule has 0 saturated heterocycles. The highest BCUT2D eigenvalue weighted by Crippen LogP contribution is 2.11. The molecule has 8 heteroatoms. The molecule has 0 aliphatic heterocycles. The van der Waals surface area contributed by atoms with Gasteiger partial charge in [0.1, 0.15) is 12.6 Å². The van der Waals surface area contributed by atoms with Crippen molar-refractivity contribution in [1.82, 2.24) is 0 Å². The van der Waals surface area contributed by atoms with Gasteiger partial charge < -0.3 is 28.6 Å². The highest BCUT2D eigenvalue weighted by molar-refractivity contribution is 5.70. The number of nitrogens with zero attached hydrogens (tertiary/aromatic N) is 1. The summed E-state index contributed by atoms with van der Waals surface area (Å²) >= 11 is 0. The number of hydrogen-bond acceptors (Lipinski definition) is 7. The molecule has 0 bridgehead atoms. The quantitative estimate of drug-likeness (QED) is 0.0202. The molecule has 0 aromatic heterocycles. The molecule has 0 saturated carbocycles. The molecule has 0 aromatic rings. The van der Waals surface area contributed by atoms with E-state index in [0.717, 1.165) is 83.5 Å². The van der Waals surface area contributed by atoms with Gasteiger partial charge in [-0.05, 0) is 83.5 Å². The van der Waals surface area contributed by atoms with Gasteiger partial charge in [0, 0.05) is 19.3 Å². The van der Waals surface area contributed by atoms with Gasteiger partial charge in [-0.15, -0.1) is 0 Å². The molecular formula is C51H79NO7. The van der Waals surface area contributed by atoms with Crippen molar-refractivity contribution in [2.24, 2.45) is 0 Å². The van der Waals surface area contributed by atoms with Crippen molar-refractivity contribution in [3.05, 3.63) is 122 Å². The molecule has 330 valence electrons. The van der Waals surface area contributed by atoms with E-state index in [9.17, 15) is 19.5 Å². The molecule has 2 unspecified atom stereocenters. The molecule has 59 heavy (non-hydrogen) atoms. The second kappa shape index (κ2) is 40.5. The number of aliphatic carboxylic acids is 1. The normalized spacial score (nSPS) is 14.1. The lowest BCUT2D eigenvalue weighted by Gasteiger charge is -2.34. The fourth-order valence-corrected chi connectivity index (χ4v) is 5.55. The van der Waals surface area contributed by atoms with Crippen molar-refractivity contribution < 1.29 is 38.2 Å². The zero-order valence-corrected chi connectivity index (χ0v) is 37.4. The predicted octanol–water partition coefficient (Wildman–Crippen LogP) is 10.9. The zero-order valence-electron chi connectivity index (χ0n) is 37.4. The lowest BCUT2D eigenvalue weighted by molar-refractivity contribution is -0.889. The molecular weight excluding hydrogens is 739 g/mol. The Balaban J connectivity index is 4.48. The molecule has 0 radical (unpaired) electrons. The second-order valence-electron chi connectivity index (χ2n) is 15.3. The van der Waals surface area contributed by atoms with Gasteiger partial charge in [0.05, 0.1) is 40.3 Å². The van der Waals surface area contributed by atoms with Crippen LogP contribution in [0.4, 0.5) is 0 Å². The van der Waals surface area contributed by atoms with Crippen LogP contribution in [0.1, 0.15) is 129 Å². The molecule has 0 N–H and O–H groups in total. The maximum absolute atomic E-state index is 12.7. The van der Waals surface area contributed by atoms with E-state index in [4.69, 9.17) is 14.2 Å². The smallest absolute Gasteiger partial charge is 0.306 e. The Labute approximate surface area is 359 Å². The first-order chi connectivity index (χ1) is 28.6. The number of unbranched alkanes of at least 4 members (excludes halogenated alkanes) is 6. The minimum atomic E-state index is -1.14. The first kappa shape index (κ1) is 54.7. The highest BCUT2D eigenvalue weighted by atomic mass is 16.6. The van der Waals surface area contributed by atoms with E-state index in [1.54, 1.807) is 21.1 Å². The first-order valence-electron chi connectivity index (χ1n) is 22.1. The number of ether oxygens (including phenoxy) is 3. The standard InChI is InChI=1S/C51H79NO7/c1-6-8-10-12-14-16-18-20-21-22-23-24-25-26-27-28-30-32-34-36-38-40-42-50(54)59-47(45-57-44-43-48(51(55)56)52(3,4)5)46-58-49(53)41-39-37-35-33-31-29-19-17-15-13-11-9-7-2/h8-11,13-17,19-21,23-24,26-27,29-32,47-48H,6-7,12,18,22,25,28,33-46H2,1-5H3/b10-8+,11-9+,15-13+,16-14+,19-17+,21-20+,24-23+,27-26+,31-29+,32-30+. The van der Waals surface area contributed by atoms with Gasteiger partial charge in [-0.25, -0.2) is 0 Å². The molecule has 8 nitrogen and oxygen atoms in total. The third-order valence-electron chi connectivity index (χ3n) is 8.94. The van der Waals surface area contributed by atoms with Crippen LogP contribution in [-0.4, -0.2) is 75.5 Å². The van der Waals surface area contributed by atoms with E-state index in [-0.39, 0.29) is 55.5 Å². The number of likely N-dealkylation sites (N-methyl/N-ethyl adjacent to an activating group) is 1. The van der Waals surface area contributed by atoms with Gasteiger partial charge in [0.25, 0.3) is 0 Å². The second-order valence-corrected chi connectivity index (χ2v) is 15.3. The monoisotopic (exact) mass is 818 g/mol. The van der Waals surface area contributed by atoms with Gasteiger partial charge >= 0.3 is 11.9 Å². The molecule has 0 heterocycles. The zero-order chi connectivity index (χ0) is 43.5. The van der Waals surface area contributed by atoms with Gasteiger partial charge in [-0.3, -0.25) is 9.59 Å². The largest absolute Gasteiger partial charge is 0.544 e. The van der Waals surface area contributed by atoms with Gasteiger partial charge in [-0.2, -0.15) is 0 Å². The molecule has 2 atom stereocenters. The van der Waals surface area contributed by atoms with Crippen LogP contribution in [0.15, 0.2) is 122 Å². The fraction of sp³-hybridized carbons (Fsp3) is 0.549. The summed E-state index contributed by atoms with van der Waals surface area (Å²) in [5, 5.41) is 11.6. The summed E-state index contributed by atoms with van der Waals surface area (Å²) in [6.07, 6.45) is 56.6. The van der Waals surface area contributed by atoms with Crippen molar-refractivity contribution >= 4 is 17.9 Å². The van der Waals surface area contributed by atoms with Crippen LogP contribution in [-0.2, 0) is 28.6 Å². The number of carbonyl (C=O) groups is 3. The van der Waals surface area contributed by atoms with E-state index >= 15 is 0 Å². The number of hydrogen-bond donors (Lipinski definition) is 0. The van der Waals surface area contributed by atoms with E-state index in [1.807, 2.05) is 36.5 Å². The molecule has 0 amide bonds. The molecule has 0 aliphatic rings. The minimum absolute atomic E-state index is 0.00459. The highest BCUT2D eigenvalue weighted by Gasteiger charge is 2.25. The number of quaternary nitrogens is 1. The van der Waals surface area contributed by atoms with Gasteiger partial charge in [0.2, 0.25) is 0 Å². The van der Waals surface area contributed by atoms with Crippen LogP contribution < -0.4 is 5.11 Å². The average molecular weight is 818 g/mol. The van der Waals surface area contributed by atoms with Crippen LogP contribution in [0, 0.1) is 0 Å². The molecule has 0 aliphatic carbocycles. The number of carbonyl (C=O) groups excluding carboxylic acids is 3. The van der Waals surface area contributed by atoms with E-state index in [0.29, 0.717) is 12.8 Å².